The minimum absolute atomic E-state index is 0.219. The minimum atomic E-state index is 0.219. The third-order valence-corrected chi connectivity index (χ3v) is 2.51. The number of rotatable bonds is 6. The Morgan fingerprint density at radius 2 is 1.56 bits per heavy atom. The van der Waals surface area contributed by atoms with E-state index in [9.17, 15) is 0 Å². The van der Waals surface area contributed by atoms with Crippen LogP contribution < -0.4 is 9.47 Å². The molecule has 0 unspecified atom stereocenters. The van der Waals surface area contributed by atoms with E-state index >= 15 is 0 Å². The molecular weight excluding hydrogens is 276 g/mol. The summed E-state index contributed by atoms with van der Waals surface area (Å²) < 4.78 is 21.3. The summed E-state index contributed by atoms with van der Waals surface area (Å²) in [6, 6.07) is 3.73. The van der Waals surface area contributed by atoms with Gasteiger partial charge in [-0.3, -0.25) is 0 Å². The first kappa shape index (κ1) is 13.3. The Labute approximate surface area is 104 Å². The molecule has 0 heterocycles. The number of ether oxygens (including phenoxy) is 4. The molecule has 0 amide bonds. The van der Waals surface area contributed by atoms with Crippen molar-refractivity contribution in [1.29, 1.82) is 0 Å². The molecule has 90 valence electrons. The van der Waals surface area contributed by atoms with Crippen LogP contribution in [0.1, 0.15) is 5.56 Å². The van der Waals surface area contributed by atoms with E-state index in [4.69, 9.17) is 18.9 Å². The highest BCUT2D eigenvalue weighted by Crippen LogP contribution is 2.32. The fourth-order valence-corrected chi connectivity index (χ4v) is 1.58. The highest BCUT2D eigenvalue weighted by Gasteiger charge is 2.07. The van der Waals surface area contributed by atoms with Gasteiger partial charge >= 0.3 is 0 Å². The summed E-state index contributed by atoms with van der Waals surface area (Å²) in [6.45, 7) is 2.39. The fourth-order valence-electron chi connectivity index (χ4n) is 1.15. The second kappa shape index (κ2) is 6.73. The van der Waals surface area contributed by atoms with Crippen LogP contribution in [0, 0.1) is 6.92 Å². The standard InChI is InChI=1S/C11H15BrO4/c1-8-4-11(16-7-14-3)9(12)5-10(8)15-6-13-2/h4-5H,6-7H2,1-3H3. The Kier molecular flexibility index (Phi) is 5.59. The molecule has 0 aromatic heterocycles. The van der Waals surface area contributed by atoms with Crippen molar-refractivity contribution in [3.8, 4) is 11.5 Å². The number of methoxy groups -OCH3 is 2. The highest BCUT2D eigenvalue weighted by atomic mass is 79.9. The molecule has 0 aliphatic carbocycles. The Bertz CT molecular complexity index is 307. The number of halogens is 1. The summed E-state index contributed by atoms with van der Waals surface area (Å²) in [5.41, 5.74) is 0.978. The van der Waals surface area contributed by atoms with Crippen molar-refractivity contribution in [2.24, 2.45) is 0 Å². The van der Waals surface area contributed by atoms with E-state index in [2.05, 4.69) is 15.9 Å². The number of hydrogen-bond donors (Lipinski definition) is 0. The van der Waals surface area contributed by atoms with Crippen LogP contribution in [-0.2, 0) is 9.47 Å². The van der Waals surface area contributed by atoms with Gasteiger partial charge in [-0.2, -0.15) is 0 Å². The van der Waals surface area contributed by atoms with Crippen molar-refractivity contribution in [3.63, 3.8) is 0 Å². The van der Waals surface area contributed by atoms with Crippen LogP contribution in [0.4, 0.5) is 0 Å². The Morgan fingerprint density at radius 3 is 2.12 bits per heavy atom. The molecule has 0 aliphatic heterocycles. The van der Waals surface area contributed by atoms with Crippen LogP contribution in [0.5, 0.6) is 11.5 Å². The molecule has 4 nitrogen and oxygen atoms in total. The average Bonchev–Trinajstić information content (AvgIpc) is 2.28. The third kappa shape index (κ3) is 3.66. The molecule has 0 aliphatic rings. The normalized spacial score (nSPS) is 10.2. The van der Waals surface area contributed by atoms with Gasteiger partial charge in [0.2, 0.25) is 0 Å². The highest BCUT2D eigenvalue weighted by molar-refractivity contribution is 9.10. The van der Waals surface area contributed by atoms with Gasteiger partial charge in [-0.25, -0.2) is 0 Å². The van der Waals surface area contributed by atoms with Crippen molar-refractivity contribution in [2.75, 3.05) is 27.8 Å². The molecular formula is C11H15BrO4. The van der Waals surface area contributed by atoms with E-state index in [0.29, 0.717) is 0 Å². The molecule has 0 atom stereocenters. The molecule has 0 bridgehead atoms. The largest absolute Gasteiger partial charge is 0.467 e. The van der Waals surface area contributed by atoms with Gasteiger partial charge in [-0.15, -0.1) is 0 Å². The second-order valence-corrected chi connectivity index (χ2v) is 4.00. The maximum atomic E-state index is 5.39. The topological polar surface area (TPSA) is 36.9 Å². The summed E-state index contributed by atoms with van der Waals surface area (Å²) in [5.74, 6) is 1.49. The van der Waals surface area contributed by atoms with E-state index < -0.39 is 0 Å². The quantitative estimate of drug-likeness (QED) is 0.755. The molecule has 1 aromatic carbocycles. The molecule has 1 aromatic rings. The molecule has 16 heavy (non-hydrogen) atoms. The molecule has 5 heteroatoms. The second-order valence-electron chi connectivity index (χ2n) is 3.15. The van der Waals surface area contributed by atoms with Gasteiger partial charge in [0.25, 0.3) is 0 Å². The van der Waals surface area contributed by atoms with Crippen molar-refractivity contribution in [1.82, 2.24) is 0 Å². The van der Waals surface area contributed by atoms with Gasteiger partial charge in [0.05, 0.1) is 4.47 Å². The third-order valence-electron chi connectivity index (χ3n) is 1.89. The van der Waals surface area contributed by atoms with Gasteiger partial charge in [0, 0.05) is 14.2 Å². The summed E-state index contributed by atoms with van der Waals surface area (Å²) in [6.07, 6.45) is 0. The Hall–Kier alpha value is -0.780. The first-order chi connectivity index (χ1) is 7.69. The van der Waals surface area contributed by atoms with E-state index in [-0.39, 0.29) is 13.6 Å². The zero-order valence-electron chi connectivity index (χ0n) is 9.58. The Morgan fingerprint density at radius 1 is 1.00 bits per heavy atom. The lowest BCUT2D eigenvalue weighted by molar-refractivity contribution is 0.0475. The number of benzene rings is 1. The van der Waals surface area contributed by atoms with Gasteiger partial charge in [0.1, 0.15) is 11.5 Å². The van der Waals surface area contributed by atoms with Gasteiger partial charge in [-0.05, 0) is 40.5 Å². The molecule has 0 radical (unpaired) electrons. The van der Waals surface area contributed by atoms with E-state index in [1.807, 2.05) is 19.1 Å². The Balaban J connectivity index is 2.79. The van der Waals surface area contributed by atoms with Crippen molar-refractivity contribution < 1.29 is 18.9 Å². The zero-order valence-corrected chi connectivity index (χ0v) is 11.2. The maximum absolute atomic E-state index is 5.39. The number of hydrogen-bond acceptors (Lipinski definition) is 4. The lowest BCUT2D eigenvalue weighted by Crippen LogP contribution is -2.03. The van der Waals surface area contributed by atoms with Crippen LogP contribution in [0.2, 0.25) is 0 Å². The van der Waals surface area contributed by atoms with E-state index in [1.54, 1.807) is 14.2 Å². The van der Waals surface area contributed by atoms with Crippen molar-refractivity contribution in [3.05, 3.63) is 22.2 Å². The van der Waals surface area contributed by atoms with E-state index in [1.165, 1.54) is 0 Å². The molecule has 0 N–H and O–H groups in total. The summed E-state index contributed by atoms with van der Waals surface area (Å²) in [5, 5.41) is 0. The monoisotopic (exact) mass is 290 g/mol. The van der Waals surface area contributed by atoms with Crippen LogP contribution >= 0.6 is 15.9 Å². The van der Waals surface area contributed by atoms with Crippen LogP contribution in [0.3, 0.4) is 0 Å². The minimum Gasteiger partial charge on any atom is -0.467 e. The van der Waals surface area contributed by atoms with Crippen molar-refractivity contribution in [2.45, 2.75) is 6.92 Å². The lowest BCUT2D eigenvalue weighted by Gasteiger charge is -2.12. The van der Waals surface area contributed by atoms with Crippen LogP contribution in [-0.4, -0.2) is 27.8 Å². The predicted octanol–water partition coefficient (Wildman–Crippen LogP) is 2.72. The molecule has 0 fully saturated rings. The van der Waals surface area contributed by atoms with Gasteiger partial charge < -0.3 is 18.9 Å². The molecule has 0 spiro atoms. The first-order valence-corrected chi connectivity index (χ1v) is 5.52. The fraction of sp³-hybridized carbons (Fsp3) is 0.455. The van der Waals surface area contributed by atoms with Crippen LogP contribution in [0.15, 0.2) is 16.6 Å². The van der Waals surface area contributed by atoms with E-state index in [0.717, 1.165) is 21.5 Å². The van der Waals surface area contributed by atoms with Gasteiger partial charge in [-0.1, -0.05) is 0 Å². The molecule has 0 saturated heterocycles. The molecule has 1 rings (SSSR count). The summed E-state index contributed by atoms with van der Waals surface area (Å²) in [7, 11) is 3.16. The SMILES string of the molecule is COCOc1cc(Br)c(OCOC)cc1C. The van der Waals surface area contributed by atoms with Crippen molar-refractivity contribution >= 4 is 15.9 Å². The predicted molar refractivity (Wildman–Crippen MR) is 63.9 cm³/mol. The zero-order chi connectivity index (χ0) is 12.0. The average molecular weight is 291 g/mol. The lowest BCUT2D eigenvalue weighted by atomic mass is 10.2. The number of aryl methyl sites for hydroxylation is 1. The van der Waals surface area contributed by atoms with Crippen LogP contribution in [0.25, 0.3) is 0 Å². The first-order valence-electron chi connectivity index (χ1n) is 4.72. The van der Waals surface area contributed by atoms with Gasteiger partial charge in [0.15, 0.2) is 13.6 Å². The maximum Gasteiger partial charge on any atom is 0.188 e. The smallest absolute Gasteiger partial charge is 0.188 e. The summed E-state index contributed by atoms with van der Waals surface area (Å²) in [4.78, 5) is 0. The summed E-state index contributed by atoms with van der Waals surface area (Å²) >= 11 is 3.40. The molecule has 0 saturated carbocycles.